The van der Waals surface area contributed by atoms with Crippen molar-refractivity contribution < 1.29 is 23.6 Å². The van der Waals surface area contributed by atoms with Crippen LogP contribution in [0.25, 0.3) is 0 Å². The third-order valence-electron chi connectivity index (χ3n) is 2.47. The van der Waals surface area contributed by atoms with Crippen molar-refractivity contribution in [2.45, 2.75) is 32.7 Å². The maximum atomic E-state index is 11.8. The second-order valence-corrected chi connectivity index (χ2v) is 5.76. The van der Waals surface area contributed by atoms with Gasteiger partial charge in [0.25, 0.3) is 0 Å². The second-order valence-electron chi connectivity index (χ2n) is 4.33. The van der Waals surface area contributed by atoms with Crippen LogP contribution in [0.2, 0.25) is 0 Å². The number of hydrogen-bond acceptors (Lipinski definition) is 4. The second kappa shape index (κ2) is 8.69. The van der Waals surface area contributed by atoms with Crippen LogP contribution in [0.5, 0.6) is 0 Å². The van der Waals surface area contributed by atoms with Gasteiger partial charge in [-0.3, -0.25) is 0 Å². The van der Waals surface area contributed by atoms with Gasteiger partial charge in [0.1, 0.15) is 12.4 Å². The van der Waals surface area contributed by atoms with E-state index >= 15 is 0 Å². The predicted octanol–water partition coefficient (Wildman–Crippen LogP) is 0.833. The normalized spacial score (nSPS) is 12.6. The number of rotatable bonds is 8. The molecule has 0 saturated carbocycles. The van der Waals surface area contributed by atoms with E-state index in [-0.39, 0.29) is 21.7 Å². The average Bonchev–Trinajstić information content (AvgIpc) is 2.80. The molecule has 20 heavy (non-hydrogen) atoms. The molecule has 0 saturated heterocycles. The Balaban J connectivity index is 2.54. The zero-order valence-electron chi connectivity index (χ0n) is 12.2. The zero-order chi connectivity index (χ0) is 15.0. The highest BCUT2D eigenvalue weighted by Gasteiger charge is 2.24. The Bertz CT molecular complexity index is 447. The van der Waals surface area contributed by atoms with Gasteiger partial charge in [-0.2, -0.15) is 0 Å². The number of imidazole rings is 1. The van der Waals surface area contributed by atoms with E-state index in [1.807, 2.05) is 24.7 Å². The summed E-state index contributed by atoms with van der Waals surface area (Å²) in [7, 11) is 2.11. The smallest absolute Gasteiger partial charge is 0.351 e. The summed E-state index contributed by atoms with van der Waals surface area (Å²) in [6, 6.07) is 0. The lowest BCUT2D eigenvalue weighted by atomic mass is 10.6. The van der Waals surface area contributed by atoms with Crippen molar-refractivity contribution in [3.8, 4) is 0 Å². The van der Waals surface area contributed by atoms with Gasteiger partial charge in [-0.05, 0) is 13.1 Å². The fourth-order valence-corrected chi connectivity index (χ4v) is 2.60. The molecule has 1 aromatic rings. The van der Waals surface area contributed by atoms with E-state index in [2.05, 4.69) is 0 Å². The van der Waals surface area contributed by atoms with Crippen LogP contribution in [-0.2, 0) is 32.7 Å². The molecule has 0 aromatic carbocycles. The van der Waals surface area contributed by atoms with Crippen molar-refractivity contribution in [1.29, 1.82) is 0 Å². The molecule has 2 atom stereocenters. The first-order valence-corrected chi connectivity index (χ1v) is 7.95. The van der Waals surface area contributed by atoms with Crippen molar-refractivity contribution in [1.82, 2.24) is 4.57 Å². The minimum atomic E-state index is -0.772. The van der Waals surface area contributed by atoms with Crippen LogP contribution in [0.1, 0.15) is 20.3 Å². The van der Waals surface area contributed by atoms with Gasteiger partial charge in [0.05, 0.1) is 13.7 Å². The highest BCUT2D eigenvalue weighted by Crippen LogP contribution is 2.22. The molecule has 0 fully saturated rings. The van der Waals surface area contributed by atoms with Crippen molar-refractivity contribution >= 4 is 20.5 Å². The van der Waals surface area contributed by atoms with Crippen LogP contribution >= 0.6 is 8.58 Å². The van der Waals surface area contributed by atoms with Gasteiger partial charge in [0.15, 0.2) is 6.54 Å². The lowest BCUT2D eigenvalue weighted by molar-refractivity contribution is -0.671. The molecule has 112 valence electrons. The predicted molar refractivity (Wildman–Crippen MR) is 75.6 cm³/mol. The lowest BCUT2D eigenvalue weighted by Gasteiger charge is -2.15. The van der Waals surface area contributed by atoms with Gasteiger partial charge < -0.3 is 9.47 Å². The zero-order valence-corrected chi connectivity index (χ0v) is 13.2. The number of hydrogen-bond donors (Lipinski definition) is 0. The molecule has 0 bridgehead atoms. The van der Waals surface area contributed by atoms with Crippen LogP contribution in [0.3, 0.4) is 0 Å². The van der Waals surface area contributed by atoms with Crippen molar-refractivity contribution in [2.24, 2.45) is 7.05 Å². The SMILES string of the molecule is CCCPC(OC(=O)Cn1cc[n+](C)c1)C(=O)OCC. The van der Waals surface area contributed by atoms with Crippen molar-refractivity contribution in [2.75, 3.05) is 12.8 Å². The number of nitrogens with zero attached hydrogens (tertiary/aromatic N) is 2. The Morgan fingerprint density at radius 2 is 2.15 bits per heavy atom. The molecule has 0 aliphatic rings. The van der Waals surface area contributed by atoms with E-state index in [1.54, 1.807) is 24.0 Å². The molecule has 0 aliphatic carbocycles. The Morgan fingerprint density at radius 1 is 1.40 bits per heavy atom. The van der Waals surface area contributed by atoms with E-state index in [0.717, 1.165) is 12.6 Å². The number of aromatic nitrogens is 2. The van der Waals surface area contributed by atoms with Crippen molar-refractivity contribution in [3.05, 3.63) is 18.7 Å². The molecule has 0 radical (unpaired) electrons. The summed E-state index contributed by atoms with van der Waals surface area (Å²) < 4.78 is 13.7. The van der Waals surface area contributed by atoms with E-state index in [9.17, 15) is 9.59 Å². The molecular formula is C13H22N2O4P+. The van der Waals surface area contributed by atoms with Gasteiger partial charge in [-0.15, -0.1) is 0 Å². The first-order valence-electron chi connectivity index (χ1n) is 6.67. The molecule has 7 heteroatoms. The maximum Gasteiger partial charge on any atom is 0.351 e. The molecular weight excluding hydrogens is 279 g/mol. The highest BCUT2D eigenvalue weighted by atomic mass is 31.1. The quantitative estimate of drug-likeness (QED) is 0.405. The average molecular weight is 301 g/mol. The summed E-state index contributed by atoms with van der Waals surface area (Å²) in [5.74, 6) is -1.65. The van der Waals surface area contributed by atoms with Crippen LogP contribution in [-0.4, -0.2) is 35.1 Å². The maximum absolute atomic E-state index is 11.8. The largest absolute Gasteiger partial charge is 0.463 e. The third-order valence-corrected chi connectivity index (χ3v) is 3.98. The number of esters is 2. The summed E-state index contributed by atoms with van der Waals surface area (Å²) in [5.41, 5.74) is 0. The van der Waals surface area contributed by atoms with Gasteiger partial charge in [0, 0.05) is 0 Å². The van der Waals surface area contributed by atoms with Crippen LogP contribution in [0.15, 0.2) is 18.7 Å². The molecule has 0 amide bonds. The first kappa shape index (κ1) is 16.6. The van der Waals surface area contributed by atoms with Gasteiger partial charge in [-0.25, -0.2) is 18.7 Å². The summed E-state index contributed by atoms with van der Waals surface area (Å²) >= 11 is 0. The van der Waals surface area contributed by atoms with Gasteiger partial charge >= 0.3 is 11.9 Å². The summed E-state index contributed by atoms with van der Waals surface area (Å²) in [5, 5.41) is 0. The van der Waals surface area contributed by atoms with Crippen LogP contribution in [0.4, 0.5) is 0 Å². The Kier molecular flexibility index (Phi) is 7.23. The van der Waals surface area contributed by atoms with Crippen LogP contribution in [0, 0.1) is 0 Å². The molecule has 6 nitrogen and oxygen atoms in total. The molecule has 1 heterocycles. The van der Waals surface area contributed by atoms with Gasteiger partial charge in [-0.1, -0.05) is 21.9 Å². The Morgan fingerprint density at radius 3 is 2.70 bits per heavy atom. The van der Waals surface area contributed by atoms with Gasteiger partial charge in [0.2, 0.25) is 12.2 Å². The fraction of sp³-hybridized carbons (Fsp3) is 0.615. The summed E-state index contributed by atoms with van der Waals surface area (Å²) in [6.07, 6.45) is 7.16. The fourth-order valence-electron chi connectivity index (χ4n) is 1.58. The summed E-state index contributed by atoms with van der Waals surface area (Å²) in [6.45, 7) is 4.14. The highest BCUT2D eigenvalue weighted by molar-refractivity contribution is 7.39. The minimum absolute atomic E-state index is 0.0906. The molecule has 0 aliphatic heterocycles. The molecule has 1 rings (SSSR count). The molecule has 0 N–H and O–H groups in total. The van der Waals surface area contributed by atoms with E-state index < -0.39 is 17.8 Å². The molecule has 0 spiro atoms. The monoisotopic (exact) mass is 301 g/mol. The number of carbonyl (C=O) groups excluding carboxylic acids is 2. The number of carbonyl (C=O) groups is 2. The first-order chi connectivity index (χ1) is 9.56. The summed E-state index contributed by atoms with van der Waals surface area (Å²) in [4.78, 5) is 23.6. The Hall–Kier alpha value is -1.42. The van der Waals surface area contributed by atoms with E-state index in [4.69, 9.17) is 9.47 Å². The minimum Gasteiger partial charge on any atom is -0.463 e. The molecule has 1 aromatic heterocycles. The topological polar surface area (TPSA) is 61.4 Å². The van der Waals surface area contributed by atoms with E-state index in [0.29, 0.717) is 0 Å². The van der Waals surface area contributed by atoms with Crippen molar-refractivity contribution in [3.63, 3.8) is 0 Å². The number of ether oxygens (including phenoxy) is 2. The standard InChI is InChI=1S/C13H22N2O4P/c1-4-8-20-13(12(17)18-5-2)19-11(16)9-15-7-6-14(3)10-15/h6-7,10,13,20H,4-5,8-9H2,1-3H3/q+1. The van der Waals surface area contributed by atoms with E-state index in [1.165, 1.54) is 0 Å². The van der Waals surface area contributed by atoms with Crippen LogP contribution < -0.4 is 4.57 Å². The third kappa shape index (κ3) is 5.70. The number of aryl methyl sites for hydroxylation is 1. The Labute approximate surface area is 120 Å². The lowest BCUT2D eigenvalue weighted by Crippen LogP contribution is -2.28. The molecule has 2 unspecified atom stereocenters.